The lowest BCUT2D eigenvalue weighted by molar-refractivity contribution is 0.515. The first-order valence-corrected chi connectivity index (χ1v) is 4.04. The molecular weight excluding hydrogens is 175 g/mol. The second-order valence-corrected chi connectivity index (χ2v) is 4.13. The van der Waals surface area contributed by atoms with E-state index in [1.165, 1.54) is 6.08 Å². The average Bonchev–Trinajstić information content (AvgIpc) is 1.85. The van der Waals surface area contributed by atoms with Gasteiger partial charge in [0, 0.05) is 0 Å². The molecule has 0 aromatic heterocycles. The minimum Gasteiger partial charge on any atom is -0.205 e. The van der Waals surface area contributed by atoms with E-state index in [2.05, 4.69) is 13.2 Å². The summed E-state index contributed by atoms with van der Waals surface area (Å²) in [5.74, 6) is -0.517. The van der Waals surface area contributed by atoms with Gasteiger partial charge >= 0.3 is 0 Å². The Morgan fingerprint density at radius 2 is 1.75 bits per heavy atom. The van der Waals surface area contributed by atoms with Gasteiger partial charge in [-0.1, -0.05) is 45.5 Å². The van der Waals surface area contributed by atoms with Gasteiger partial charge in [0.2, 0.25) is 0 Å². The van der Waals surface area contributed by atoms with Crippen LogP contribution in [0.4, 0.5) is 4.39 Å². The Bertz CT molecular complexity index is 231. The number of allylic oxidation sites excluding steroid dienone is 4. The molecule has 0 N–H and O–H groups in total. The van der Waals surface area contributed by atoms with Gasteiger partial charge < -0.3 is 0 Å². The summed E-state index contributed by atoms with van der Waals surface area (Å²) in [7, 11) is 0. The molecule has 0 fully saturated rings. The Labute approximate surface area is 78.4 Å². The Hall–Kier alpha value is -0.560. The summed E-state index contributed by atoms with van der Waals surface area (Å²) in [5, 5.41) is -0.0830. The van der Waals surface area contributed by atoms with Crippen molar-refractivity contribution in [1.82, 2.24) is 0 Å². The number of hydrogen-bond acceptors (Lipinski definition) is 0. The van der Waals surface area contributed by atoms with Crippen molar-refractivity contribution >= 4 is 11.6 Å². The lowest BCUT2D eigenvalue weighted by Gasteiger charge is -2.18. The summed E-state index contributed by atoms with van der Waals surface area (Å²) in [5.41, 5.74) is 0.561. The van der Waals surface area contributed by atoms with Crippen LogP contribution in [0.1, 0.15) is 20.8 Å². The van der Waals surface area contributed by atoms with Crippen LogP contribution in [0.2, 0.25) is 0 Å². The van der Waals surface area contributed by atoms with E-state index >= 15 is 0 Å². The van der Waals surface area contributed by atoms with Crippen LogP contribution < -0.4 is 0 Å². The zero-order chi connectivity index (χ0) is 9.94. The highest BCUT2D eigenvalue weighted by Gasteiger charge is 2.13. The molecule has 0 aliphatic heterocycles. The van der Waals surface area contributed by atoms with Gasteiger partial charge in [0.25, 0.3) is 0 Å². The molecule has 0 aromatic rings. The normalized spacial score (nSPS) is 12.9. The summed E-state index contributed by atoms with van der Waals surface area (Å²) < 4.78 is 12.9. The van der Waals surface area contributed by atoms with E-state index < -0.39 is 5.83 Å². The highest BCUT2D eigenvalue weighted by molar-refractivity contribution is 6.31. The van der Waals surface area contributed by atoms with Crippen LogP contribution in [-0.4, -0.2) is 0 Å². The molecular formula is C10H14ClF. The topological polar surface area (TPSA) is 0 Å². The first kappa shape index (κ1) is 11.4. The predicted octanol–water partition coefficient (Wildman–Crippen LogP) is 4.19. The number of hydrogen-bond donors (Lipinski definition) is 0. The molecule has 0 nitrogen and oxygen atoms in total. The van der Waals surface area contributed by atoms with Gasteiger partial charge in [0.05, 0.1) is 5.03 Å². The Morgan fingerprint density at radius 3 is 2.00 bits per heavy atom. The van der Waals surface area contributed by atoms with E-state index in [-0.39, 0.29) is 10.4 Å². The Balaban J connectivity index is 4.57. The van der Waals surface area contributed by atoms with Crippen LogP contribution in [-0.2, 0) is 0 Å². The van der Waals surface area contributed by atoms with Crippen molar-refractivity contribution in [3.8, 4) is 0 Å². The van der Waals surface area contributed by atoms with Gasteiger partial charge in [0.15, 0.2) is 0 Å². The molecule has 0 rings (SSSR count). The van der Waals surface area contributed by atoms with Crippen molar-refractivity contribution in [1.29, 1.82) is 0 Å². The maximum absolute atomic E-state index is 12.9. The van der Waals surface area contributed by atoms with Gasteiger partial charge in [-0.2, -0.15) is 0 Å². The number of halogens is 2. The average molecular weight is 189 g/mol. The first-order chi connectivity index (χ1) is 5.25. The van der Waals surface area contributed by atoms with Crippen LogP contribution in [0.15, 0.2) is 35.7 Å². The predicted molar refractivity (Wildman–Crippen MR) is 52.8 cm³/mol. The minimum absolute atomic E-state index is 0.0830. The molecule has 0 radical (unpaired) electrons. The fraction of sp³-hybridized carbons (Fsp3) is 0.400. The van der Waals surface area contributed by atoms with Crippen LogP contribution >= 0.6 is 11.6 Å². The van der Waals surface area contributed by atoms with Crippen molar-refractivity contribution in [3.05, 3.63) is 35.7 Å². The Kier molecular flexibility index (Phi) is 3.72. The number of rotatable bonds is 2. The second kappa shape index (κ2) is 3.90. The molecule has 0 aliphatic rings. The molecule has 12 heavy (non-hydrogen) atoms. The molecule has 68 valence electrons. The maximum atomic E-state index is 12.9. The highest BCUT2D eigenvalue weighted by atomic mass is 35.5. The molecule has 0 aromatic carbocycles. The molecule has 0 unspecified atom stereocenters. The third-order valence-electron chi connectivity index (χ3n) is 1.52. The lowest BCUT2D eigenvalue weighted by atomic mass is 9.87. The highest BCUT2D eigenvalue weighted by Crippen LogP contribution is 2.27. The Morgan fingerprint density at radius 1 is 1.33 bits per heavy atom. The van der Waals surface area contributed by atoms with Gasteiger partial charge in [-0.3, -0.25) is 0 Å². The zero-order valence-corrected chi connectivity index (χ0v) is 8.50. The van der Waals surface area contributed by atoms with Crippen LogP contribution in [0, 0.1) is 5.41 Å². The molecule has 0 atom stereocenters. The van der Waals surface area contributed by atoms with Gasteiger partial charge in [0.1, 0.15) is 5.83 Å². The first-order valence-electron chi connectivity index (χ1n) is 3.66. The third kappa shape index (κ3) is 3.72. The van der Waals surface area contributed by atoms with Crippen molar-refractivity contribution in [3.63, 3.8) is 0 Å². The SMILES string of the molecule is C=C(Cl)/C(F)=C\C(=C)C(C)(C)C. The van der Waals surface area contributed by atoms with Gasteiger partial charge in [-0.15, -0.1) is 0 Å². The fourth-order valence-corrected chi connectivity index (χ4v) is 0.502. The quantitative estimate of drug-likeness (QED) is 0.570. The smallest absolute Gasteiger partial charge is 0.141 e. The molecule has 0 amide bonds. The summed E-state index contributed by atoms with van der Waals surface area (Å²) in [6.07, 6.45) is 1.31. The van der Waals surface area contributed by atoms with E-state index in [1.54, 1.807) is 0 Å². The van der Waals surface area contributed by atoms with Crippen molar-refractivity contribution in [2.45, 2.75) is 20.8 Å². The second-order valence-electron chi connectivity index (χ2n) is 3.67. The van der Waals surface area contributed by atoms with Crippen molar-refractivity contribution < 1.29 is 4.39 Å². The summed E-state index contributed by atoms with van der Waals surface area (Å²) in [6.45, 7) is 12.9. The van der Waals surface area contributed by atoms with Crippen molar-refractivity contribution in [2.24, 2.45) is 5.41 Å². The standard InChI is InChI=1S/C10H14ClF/c1-7(10(3,4)5)6-9(12)8(2)11/h6H,1-2H2,3-5H3/b9-6+. The zero-order valence-electron chi connectivity index (χ0n) is 7.75. The summed E-state index contributed by atoms with van der Waals surface area (Å²) in [6, 6.07) is 0. The third-order valence-corrected chi connectivity index (χ3v) is 1.70. The largest absolute Gasteiger partial charge is 0.205 e. The van der Waals surface area contributed by atoms with Crippen LogP contribution in [0.25, 0.3) is 0 Å². The van der Waals surface area contributed by atoms with E-state index in [0.717, 1.165) is 0 Å². The van der Waals surface area contributed by atoms with Gasteiger partial charge in [-0.05, 0) is 17.1 Å². The summed E-state index contributed by atoms with van der Waals surface area (Å²) >= 11 is 5.34. The molecule has 0 aliphatic carbocycles. The molecule has 0 saturated heterocycles. The van der Waals surface area contributed by atoms with E-state index in [1.807, 2.05) is 20.8 Å². The van der Waals surface area contributed by atoms with Gasteiger partial charge in [-0.25, -0.2) is 4.39 Å². The van der Waals surface area contributed by atoms with E-state index in [9.17, 15) is 4.39 Å². The molecule has 0 heterocycles. The van der Waals surface area contributed by atoms with E-state index in [4.69, 9.17) is 11.6 Å². The molecule has 2 heteroatoms. The fourth-order valence-electron chi connectivity index (χ4n) is 0.448. The monoisotopic (exact) mass is 188 g/mol. The van der Waals surface area contributed by atoms with Crippen LogP contribution in [0.5, 0.6) is 0 Å². The minimum atomic E-state index is -0.517. The molecule has 0 bridgehead atoms. The van der Waals surface area contributed by atoms with Crippen LogP contribution in [0.3, 0.4) is 0 Å². The molecule has 0 saturated carbocycles. The van der Waals surface area contributed by atoms with Crippen molar-refractivity contribution in [2.75, 3.05) is 0 Å². The lowest BCUT2D eigenvalue weighted by Crippen LogP contribution is -2.06. The summed E-state index contributed by atoms with van der Waals surface area (Å²) in [4.78, 5) is 0. The van der Waals surface area contributed by atoms with E-state index in [0.29, 0.717) is 5.57 Å². The maximum Gasteiger partial charge on any atom is 0.141 e. The molecule has 0 spiro atoms.